The molecule has 134 valence electrons. The fourth-order valence-electron chi connectivity index (χ4n) is 2.97. The number of allylic oxidation sites excluding steroid dienone is 2. The first-order valence-corrected chi connectivity index (χ1v) is 8.16. The van der Waals surface area contributed by atoms with Gasteiger partial charge in [-0.25, -0.2) is 9.67 Å². The monoisotopic (exact) mass is 346 g/mol. The molecule has 1 aromatic rings. The van der Waals surface area contributed by atoms with E-state index in [1.165, 1.54) is 7.11 Å². The first kappa shape index (κ1) is 17.0. The molecular formula is C16H22N6O3. The Labute approximate surface area is 144 Å². The molecule has 0 fully saturated rings. The maximum Gasteiger partial charge on any atom is 0.294 e. The van der Waals surface area contributed by atoms with E-state index in [0.717, 1.165) is 12.8 Å². The van der Waals surface area contributed by atoms with Crippen molar-refractivity contribution < 1.29 is 9.84 Å². The molecule has 0 spiro atoms. The maximum absolute atomic E-state index is 12.6. The van der Waals surface area contributed by atoms with Gasteiger partial charge >= 0.3 is 0 Å². The highest BCUT2D eigenvalue weighted by molar-refractivity contribution is 6.22. The van der Waals surface area contributed by atoms with Gasteiger partial charge < -0.3 is 20.9 Å². The zero-order chi connectivity index (χ0) is 18.0. The van der Waals surface area contributed by atoms with Crippen LogP contribution in [0.25, 0.3) is 0 Å². The summed E-state index contributed by atoms with van der Waals surface area (Å²) in [7, 11) is 1.47. The third-order valence-electron chi connectivity index (χ3n) is 4.22. The van der Waals surface area contributed by atoms with Crippen LogP contribution in [0.2, 0.25) is 0 Å². The second-order valence-corrected chi connectivity index (χ2v) is 5.82. The molecule has 2 heterocycles. The molecule has 0 aromatic carbocycles. The van der Waals surface area contributed by atoms with Crippen LogP contribution in [-0.4, -0.2) is 46.2 Å². The Hall–Kier alpha value is -2.81. The summed E-state index contributed by atoms with van der Waals surface area (Å²) >= 11 is 0. The number of ether oxygens (including phenoxy) is 1. The molecule has 5 N–H and O–H groups in total. The quantitative estimate of drug-likeness (QED) is 0.563. The fourth-order valence-corrected chi connectivity index (χ4v) is 2.97. The largest absolute Gasteiger partial charge is 0.494 e. The Morgan fingerprint density at radius 3 is 2.72 bits per heavy atom. The van der Waals surface area contributed by atoms with Crippen molar-refractivity contribution in [3.8, 4) is 0 Å². The molecule has 0 saturated carbocycles. The number of nitrogens with two attached hydrogens (primary N) is 1. The molecule has 0 bridgehead atoms. The van der Waals surface area contributed by atoms with Gasteiger partial charge in [0.1, 0.15) is 5.76 Å². The minimum atomic E-state index is -0.223. The van der Waals surface area contributed by atoms with E-state index in [1.54, 1.807) is 21.5 Å². The van der Waals surface area contributed by atoms with Crippen molar-refractivity contribution in [1.82, 2.24) is 14.7 Å². The third kappa shape index (κ3) is 3.10. The normalized spacial score (nSPS) is 18.6. The Kier molecular flexibility index (Phi) is 4.75. The number of hydrogen-bond acceptors (Lipinski definition) is 7. The number of nitrogen functional groups attached to an aromatic ring is 1. The van der Waals surface area contributed by atoms with E-state index in [1.807, 2.05) is 0 Å². The van der Waals surface area contributed by atoms with E-state index in [4.69, 9.17) is 21.0 Å². The molecule has 0 saturated heterocycles. The SMILES string of the molecule is COC1=CC(=Nc2c(N)n3n(c2=O)CCCC3)C(NCCO)=CC1=N. The Balaban J connectivity index is 2.07. The minimum Gasteiger partial charge on any atom is -0.494 e. The van der Waals surface area contributed by atoms with Crippen LogP contribution in [0.3, 0.4) is 0 Å². The van der Waals surface area contributed by atoms with Crippen molar-refractivity contribution in [3.63, 3.8) is 0 Å². The maximum atomic E-state index is 12.6. The summed E-state index contributed by atoms with van der Waals surface area (Å²) in [6.45, 7) is 1.56. The van der Waals surface area contributed by atoms with Crippen molar-refractivity contribution in [1.29, 1.82) is 5.41 Å². The van der Waals surface area contributed by atoms with E-state index in [-0.39, 0.29) is 23.6 Å². The lowest BCUT2D eigenvalue weighted by atomic mass is 10.1. The summed E-state index contributed by atoms with van der Waals surface area (Å²) in [5.74, 6) is 0.683. The summed E-state index contributed by atoms with van der Waals surface area (Å²) in [6.07, 6.45) is 5.05. The molecule has 0 atom stereocenters. The average Bonchev–Trinajstić information content (AvgIpc) is 2.86. The number of nitrogens with zero attached hydrogens (tertiary/aromatic N) is 3. The second kappa shape index (κ2) is 6.98. The number of aliphatic imine (C=N–C) groups is 1. The third-order valence-corrected chi connectivity index (χ3v) is 4.22. The van der Waals surface area contributed by atoms with Crippen molar-refractivity contribution in [2.45, 2.75) is 25.9 Å². The highest BCUT2D eigenvalue weighted by Gasteiger charge is 2.22. The van der Waals surface area contributed by atoms with E-state index >= 15 is 0 Å². The average molecular weight is 346 g/mol. The van der Waals surface area contributed by atoms with Crippen LogP contribution >= 0.6 is 0 Å². The van der Waals surface area contributed by atoms with Gasteiger partial charge in [0, 0.05) is 25.7 Å². The lowest BCUT2D eigenvalue weighted by Crippen LogP contribution is -2.28. The van der Waals surface area contributed by atoms with Crippen LogP contribution in [0.5, 0.6) is 0 Å². The van der Waals surface area contributed by atoms with Gasteiger partial charge in [0.15, 0.2) is 11.5 Å². The van der Waals surface area contributed by atoms with Gasteiger partial charge in [-0.05, 0) is 18.9 Å². The summed E-state index contributed by atoms with van der Waals surface area (Å²) in [5, 5.41) is 20.0. The highest BCUT2D eigenvalue weighted by Crippen LogP contribution is 2.24. The Bertz CT molecular complexity index is 843. The number of hydrogen-bond donors (Lipinski definition) is 4. The zero-order valence-corrected chi connectivity index (χ0v) is 14.1. The number of fused-ring (bicyclic) bond motifs is 1. The van der Waals surface area contributed by atoms with Gasteiger partial charge in [-0.2, -0.15) is 0 Å². The van der Waals surface area contributed by atoms with Gasteiger partial charge in [-0.1, -0.05) is 0 Å². The fraction of sp³-hybridized carbons (Fsp3) is 0.438. The number of aromatic nitrogens is 2. The predicted molar refractivity (Wildman–Crippen MR) is 95.4 cm³/mol. The van der Waals surface area contributed by atoms with Gasteiger partial charge in [0.2, 0.25) is 0 Å². The highest BCUT2D eigenvalue weighted by atomic mass is 16.5. The van der Waals surface area contributed by atoms with E-state index < -0.39 is 0 Å². The number of aliphatic hydroxyl groups is 1. The molecule has 2 aliphatic rings. The van der Waals surface area contributed by atoms with Crippen LogP contribution in [0.15, 0.2) is 33.4 Å². The van der Waals surface area contributed by atoms with E-state index in [0.29, 0.717) is 42.6 Å². The number of anilines is 1. The lowest BCUT2D eigenvalue weighted by molar-refractivity contribution is 0.297. The number of methoxy groups -OCH3 is 1. The molecule has 0 amide bonds. The number of aliphatic hydroxyl groups excluding tert-OH is 1. The Morgan fingerprint density at radius 1 is 1.36 bits per heavy atom. The van der Waals surface area contributed by atoms with Gasteiger partial charge in [0.25, 0.3) is 5.56 Å². The molecule has 9 heteroatoms. The van der Waals surface area contributed by atoms with Crippen molar-refractivity contribution >= 4 is 22.9 Å². The number of nitrogens with one attached hydrogen (secondary N) is 2. The molecule has 9 nitrogen and oxygen atoms in total. The van der Waals surface area contributed by atoms with Crippen LogP contribution in [0.4, 0.5) is 11.5 Å². The van der Waals surface area contributed by atoms with Crippen molar-refractivity contribution in [2.24, 2.45) is 4.99 Å². The molecule has 1 aliphatic carbocycles. The molecule has 1 aliphatic heterocycles. The Morgan fingerprint density at radius 2 is 2.08 bits per heavy atom. The van der Waals surface area contributed by atoms with Gasteiger partial charge in [-0.15, -0.1) is 0 Å². The summed E-state index contributed by atoms with van der Waals surface area (Å²) in [4.78, 5) is 17.1. The molecule has 3 rings (SSSR count). The first-order valence-electron chi connectivity index (χ1n) is 8.16. The van der Waals surface area contributed by atoms with Crippen LogP contribution in [0.1, 0.15) is 12.8 Å². The molecule has 0 radical (unpaired) electrons. The number of rotatable bonds is 5. The van der Waals surface area contributed by atoms with E-state index in [9.17, 15) is 4.79 Å². The predicted octanol–water partition coefficient (Wildman–Crippen LogP) is 0.128. The van der Waals surface area contributed by atoms with Gasteiger partial charge in [-0.3, -0.25) is 14.9 Å². The summed E-state index contributed by atoms with van der Waals surface area (Å²) < 4.78 is 8.57. The molecule has 25 heavy (non-hydrogen) atoms. The summed E-state index contributed by atoms with van der Waals surface area (Å²) in [6, 6.07) is 0. The standard InChI is InChI=1S/C16H22N6O3/c1-25-13-9-12(11(8-10(13)17)19-4-7-23)20-14-15(18)21-5-2-3-6-22(21)16(14)24/h8-9,17,19,23H,2-7,18H2,1H3. The zero-order valence-electron chi connectivity index (χ0n) is 14.1. The van der Waals surface area contributed by atoms with E-state index in [2.05, 4.69) is 10.3 Å². The van der Waals surface area contributed by atoms with Crippen LogP contribution in [-0.2, 0) is 17.8 Å². The summed E-state index contributed by atoms with van der Waals surface area (Å²) in [5.41, 5.74) is 7.27. The molecular weight excluding hydrogens is 324 g/mol. The van der Waals surface area contributed by atoms with Crippen molar-refractivity contribution in [2.75, 3.05) is 26.0 Å². The van der Waals surface area contributed by atoms with Crippen LogP contribution < -0.4 is 16.6 Å². The first-order chi connectivity index (χ1) is 12.1. The lowest BCUT2D eigenvalue weighted by Gasteiger charge is -2.17. The topological polar surface area (TPSA) is 131 Å². The molecule has 0 unspecified atom stereocenters. The smallest absolute Gasteiger partial charge is 0.294 e. The van der Waals surface area contributed by atoms with Crippen LogP contribution in [0, 0.1) is 5.41 Å². The molecule has 1 aromatic heterocycles. The van der Waals surface area contributed by atoms with Gasteiger partial charge in [0.05, 0.1) is 30.8 Å². The minimum absolute atomic E-state index is 0.0654. The second-order valence-electron chi connectivity index (χ2n) is 5.82. The van der Waals surface area contributed by atoms with Crippen molar-refractivity contribution in [3.05, 3.63) is 34.0 Å².